The number of rotatable bonds is 8. The maximum Gasteiger partial charge on any atom is 0.240 e. The molecule has 4 nitrogen and oxygen atoms in total. The molecule has 2 N–H and O–H groups in total. The summed E-state index contributed by atoms with van der Waals surface area (Å²) in [5.74, 6) is 0. The molecule has 0 saturated carbocycles. The summed E-state index contributed by atoms with van der Waals surface area (Å²) in [4.78, 5) is 0.328. The number of hydrogen-bond donors (Lipinski definition) is 2. The molecule has 0 saturated heterocycles. The van der Waals surface area contributed by atoms with Gasteiger partial charge in [0, 0.05) is 24.4 Å². The van der Waals surface area contributed by atoms with Crippen molar-refractivity contribution >= 4 is 21.8 Å². The first-order chi connectivity index (χ1) is 9.35. The van der Waals surface area contributed by atoms with Gasteiger partial charge in [0.1, 0.15) is 0 Å². The van der Waals surface area contributed by atoms with Crippen molar-refractivity contribution in [2.24, 2.45) is 0 Å². The maximum atomic E-state index is 12.2. The van der Waals surface area contributed by atoms with Crippen LogP contribution in [0, 0.1) is 0 Å². The zero-order valence-corrected chi connectivity index (χ0v) is 14.1. The first-order valence-corrected chi connectivity index (χ1v) is 9.47. The van der Waals surface area contributed by atoms with Gasteiger partial charge in [-0.3, -0.25) is 0 Å². The van der Waals surface area contributed by atoms with Crippen LogP contribution in [0.15, 0.2) is 29.2 Å². The molecule has 1 aromatic rings. The summed E-state index contributed by atoms with van der Waals surface area (Å²) < 4.78 is 27.1. The van der Waals surface area contributed by atoms with Crippen LogP contribution in [0.1, 0.15) is 26.3 Å². The Kier molecular flexibility index (Phi) is 7.02. The largest absolute Gasteiger partial charge is 0.310 e. The summed E-state index contributed by atoms with van der Waals surface area (Å²) in [7, 11) is -3.42. The zero-order valence-electron chi connectivity index (χ0n) is 12.5. The lowest BCUT2D eigenvalue weighted by Gasteiger charge is -2.12. The zero-order chi connectivity index (χ0) is 15.2. The normalized spacial score (nSPS) is 13.7. The molecule has 1 unspecified atom stereocenters. The summed E-state index contributed by atoms with van der Waals surface area (Å²) in [5, 5.41) is 3.54. The second-order valence-electron chi connectivity index (χ2n) is 5.08. The molecule has 20 heavy (non-hydrogen) atoms. The van der Waals surface area contributed by atoms with Crippen LogP contribution in [-0.4, -0.2) is 32.5 Å². The average Bonchev–Trinajstić information content (AvgIpc) is 2.43. The quantitative estimate of drug-likeness (QED) is 0.772. The number of sulfonamides is 1. The fraction of sp³-hybridized carbons (Fsp3) is 0.571. The van der Waals surface area contributed by atoms with Gasteiger partial charge in [0.15, 0.2) is 0 Å². The lowest BCUT2D eigenvalue weighted by Crippen LogP contribution is -2.29. The van der Waals surface area contributed by atoms with Crippen molar-refractivity contribution in [2.45, 2.75) is 43.5 Å². The summed E-state index contributed by atoms with van der Waals surface area (Å²) in [6.45, 7) is 7.23. The minimum Gasteiger partial charge on any atom is -0.310 e. The third kappa shape index (κ3) is 5.83. The van der Waals surface area contributed by atoms with E-state index < -0.39 is 10.0 Å². The van der Waals surface area contributed by atoms with Crippen molar-refractivity contribution in [3.63, 3.8) is 0 Å². The van der Waals surface area contributed by atoms with Crippen molar-refractivity contribution < 1.29 is 8.42 Å². The third-order valence-corrected chi connectivity index (χ3v) is 5.28. The molecule has 0 fully saturated rings. The molecule has 0 bridgehead atoms. The Bertz CT molecular complexity index is 516. The van der Waals surface area contributed by atoms with E-state index in [4.69, 9.17) is 0 Å². The Balaban J connectivity index is 2.76. The molecule has 0 amide bonds. The molecule has 0 heterocycles. The van der Waals surface area contributed by atoms with E-state index in [1.165, 1.54) is 0 Å². The molecule has 0 radical (unpaired) electrons. The van der Waals surface area contributed by atoms with Crippen molar-refractivity contribution in [1.82, 2.24) is 10.0 Å². The summed E-state index contributed by atoms with van der Waals surface area (Å²) >= 11 is 1.64. The number of benzene rings is 1. The molecule has 1 atom stereocenters. The van der Waals surface area contributed by atoms with Crippen LogP contribution >= 0.6 is 11.8 Å². The van der Waals surface area contributed by atoms with Gasteiger partial charge in [-0.05, 0) is 24.0 Å². The van der Waals surface area contributed by atoms with Gasteiger partial charge >= 0.3 is 0 Å². The summed E-state index contributed by atoms with van der Waals surface area (Å²) in [6.07, 6.45) is 1.97. The smallest absolute Gasteiger partial charge is 0.240 e. The molecule has 1 rings (SSSR count). The fourth-order valence-corrected chi connectivity index (χ4v) is 3.09. The van der Waals surface area contributed by atoms with E-state index in [9.17, 15) is 8.42 Å². The predicted molar refractivity (Wildman–Crippen MR) is 86.6 cm³/mol. The van der Waals surface area contributed by atoms with Gasteiger partial charge in [0.05, 0.1) is 4.90 Å². The van der Waals surface area contributed by atoms with Crippen LogP contribution < -0.4 is 10.0 Å². The number of nitrogens with one attached hydrogen (secondary N) is 2. The van der Waals surface area contributed by atoms with Gasteiger partial charge in [-0.15, -0.1) is 0 Å². The van der Waals surface area contributed by atoms with Crippen LogP contribution in [0.5, 0.6) is 0 Å². The predicted octanol–water partition coefficient (Wildman–Crippen LogP) is 2.21. The third-order valence-electron chi connectivity index (χ3n) is 2.89. The Labute approximate surface area is 126 Å². The lowest BCUT2D eigenvalue weighted by molar-refractivity contribution is 0.579. The van der Waals surface area contributed by atoms with Crippen molar-refractivity contribution in [3.8, 4) is 0 Å². The van der Waals surface area contributed by atoms with Crippen LogP contribution in [-0.2, 0) is 16.6 Å². The first-order valence-electron chi connectivity index (χ1n) is 6.70. The number of hydrogen-bond acceptors (Lipinski definition) is 4. The van der Waals surface area contributed by atoms with Gasteiger partial charge in [0.2, 0.25) is 10.0 Å². The van der Waals surface area contributed by atoms with E-state index in [0.717, 1.165) is 5.56 Å². The molecule has 1 aromatic carbocycles. The van der Waals surface area contributed by atoms with Gasteiger partial charge in [0.25, 0.3) is 0 Å². The molecule has 0 aliphatic heterocycles. The van der Waals surface area contributed by atoms with Crippen molar-refractivity contribution in [3.05, 3.63) is 29.8 Å². The van der Waals surface area contributed by atoms with Crippen molar-refractivity contribution in [1.29, 1.82) is 0 Å². The average molecular weight is 316 g/mol. The van der Waals surface area contributed by atoms with Crippen LogP contribution in [0.4, 0.5) is 0 Å². The molecular formula is C14H24N2O2S2. The van der Waals surface area contributed by atoms with E-state index in [2.05, 4.69) is 23.9 Å². The summed E-state index contributed by atoms with van der Waals surface area (Å²) in [6, 6.07) is 7.44. The first kappa shape index (κ1) is 17.5. The highest BCUT2D eigenvalue weighted by molar-refractivity contribution is 7.99. The molecule has 0 aliphatic carbocycles. The Morgan fingerprint density at radius 3 is 2.55 bits per heavy atom. The highest BCUT2D eigenvalue weighted by Gasteiger charge is 2.15. The van der Waals surface area contributed by atoms with Gasteiger partial charge in [-0.25, -0.2) is 13.1 Å². The standard InChI is InChI=1S/C14H24N2O2S2/c1-11(2)15-10-13-6-5-7-14(8-13)20(17,18)16-9-12(3)19-4/h5-8,11-12,15-16H,9-10H2,1-4H3. The Morgan fingerprint density at radius 1 is 1.25 bits per heavy atom. The van der Waals surface area contributed by atoms with Gasteiger partial charge in [-0.1, -0.05) is 32.9 Å². The molecule has 0 aliphatic rings. The van der Waals surface area contributed by atoms with Gasteiger partial charge in [-0.2, -0.15) is 11.8 Å². The topological polar surface area (TPSA) is 58.2 Å². The second-order valence-corrected chi connectivity index (χ2v) is 8.12. The highest BCUT2D eigenvalue weighted by Crippen LogP contribution is 2.12. The lowest BCUT2D eigenvalue weighted by atomic mass is 10.2. The molecule has 0 aromatic heterocycles. The monoisotopic (exact) mass is 316 g/mol. The second kappa shape index (κ2) is 8.02. The van der Waals surface area contributed by atoms with Crippen LogP contribution in [0.2, 0.25) is 0 Å². The molecule has 6 heteroatoms. The van der Waals surface area contributed by atoms with Crippen LogP contribution in [0.3, 0.4) is 0 Å². The van der Waals surface area contributed by atoms with E-state index in [-0.39, 0.29) is 5.25 Å². The van der Waals surface area contributed by atoms with E-state index in [1.807, 2.05) is 19.2 Å². The van der Waals surface area contributed by atoms with Crippen LogP contribution in [0.25, 0.3) is 0 Å². The molecule has 0 spiro atoms. The minimum absolute atomic E-state index is 0.260. The highest BCUT2D eigenvalue weighted by atomic mass is 32.2. The SMILES string of the molecule is CSC(C)CNS(=O)(=O)c1cccc(CNC(C)C)c1. The summed E-state index contributed by atoms with van der Waals surface area (Å²) in [5.41, 5.74) is 0.972. The van der Waals surface area contributed by atoms with Gasteiger partial charge < -0.3 is 5.32 Å². The van der Waals surface area contributed by atoms with Crippen molar-refractivity contribution in [2.75, 3.05) is 12.8 Å². The minimum atomic E-state index is -3.42. The molecule has 114 valence electrons. The fourth-order valence-electron chi connectivity index (χ4n) is 1.54. The molecular weight excluding hydrogens is 292 g/mol. The van der Waals surface area contributed by atoms with E-state index in [0.29, 0.717) is 24.0 Å². The maximum absolute atomic E-state index is 12.2. The Morgan fingerprint density at radius 2 is 1.95 bits per heavy atom. The van der Waals surface area contributed by atoms with E-state index >= 15 is 0 Å². The van der Waals surface area contributed by atoms with E-state index in [1.54, 1.807) is 30.0 Å². The Hall–Kier alpha value is -0.560. The number of thioether (sulfide) groups is 1.